The second kappa shape index (κ2) is 5.56. The third kappa shape index (κ3) is 2.50. The molecule has 0 spiro atoms. The first-order chi connectivity index (χ1) is 9.75. The van der Waals surface area contributed by atoms with Crippen molar-refractivity contribution < 1.29 is 4.74 Å². The van der Waals surface area contributed by atoms with Crippen molar-refractivity contribution in [3.05, 3.63) is 24.2 Å². The number of pyridine rings is 1. The van der Waals surface area contributed by atoms with Crippen LogP contribution in [-0.4, -0.2) is 39.6 Å². The summed E-state index contributed by atoms with van der Waals surface area (Å²) in [5.74, 6) is 0.0326. The van der Waals surface area contributed by atoms with Gasteiger partial charge in [0.05, 0.1) is 18.5 Å². The number of ether oxygens (including phenoxy) is 1. The molecule has 3 rings (SSSR count). The summed E-state index contributed by atoms with van der Waals surface area (Å²) in [6.07, 6.45) is 5.40. The van der Waals surface area contributed by atoms with E-state index in [0.717, 1.165) is 31.6 Å². The van der Waals surface area contributed by atoms with E-state index < -0.39 is 0 Å². The molecule has 20 heavy (non-hydrogen) atoms. The average molecular weight is 274 g/mol. The highest BCUT2D eigenvalue weighted by Crippen LogP contribution is 2.15. The number of aromatic nitrogens is 3. The highest BCUT2D eigenvalue weighted by molar-refractivity contribution is 6.04. The third-order valence-electron chi connectivity index (χ3n) is 3.57. The van der Waals surface area contributed by atoms with Gasteiger partial charge in [-0.1, -0.05) is 0 Å². The van der Waals surface area contributed by atoms with Crippen molar-refractivity contribution in [3.63, 3.8) is 0 Å². The lowest BCUT2D eigenvalue weighted by Gasteiger charge is -2.23. The van der Waals surface area contributed by atoms with Crippen LogP contribution in [0.4, 0.5) is 0 Å². The minimum absolute atomic E-state index is 0.0326. The minimum Gasteiger partial charge on any atom is -0.384 e. The Morgan fingerprint density at radius 1 is 1.45 bits per heavy atom. The van der Waals surface area contributed by atoms with Crippen LogP contribution in [0.15, 0.2) is 18.6 Å². The summed E-state index contributed by atoms with van der Waals surface area (Å²) in [4.78, 5) is 8.47. The van der Waals surface area contributed by atoms with Gasteiger partial charge in [0.25, 0.3) is 0 Å². The number of fused-ring (bicyclic) bond motifs is 1. The molecule has 0 saturated carbocycles. The Morgan fingerprint density at radius 3 is 3.00 bits per heavy atom. The van der Waals surface area contributed by atoms with E-state index in [2.05, 4.69) is 15.3 Å². The van der Waals surface area contributed by atoms with Crippen LogP contribution in [0, 0.1) is 5.41 Å². The molecule has 0 unspecified atom stereocenters. The predicted molar refractivity (Wildman–Crippen MR) is 75.5 cm³/mol. The molecule has 0 aromatic carbocycles. The largest absolute Gasteiger partial charge is 0.384 e. The van der Waals surface area contributed by atoms with Crippen molar-refractivity contribution in [1.29, 1.82) is 5.41 Å². The Labute approximate surface area is 116 Å². The number of hydrogen-bond acceptors (Lipinski definition) is 5. The van der Waals surface area contributed by atoms with Crippen LogP contribution < -0.4 is 11.1 Å². The summed E-state index contributed by atoms with van der Waals surface area (Å²) in [5.41, 5.74) is 7.71. The third-order valence-corrected chi connectivity index (χ3v) is 3.57. The van der Waals surface area contributed by atoms with Crippen molar-refractivity contribution >= 4 is 17.0 Å². The minimum atomic E-state index is 0.0326. The quantitative estimate of drug-likeness (QED) is 0.554. The number of nitrogens with two attached hydrogens (primary N) is 1. The summed E-state index contributed by atoms with van der Waals surface area (Å²) < 4.78 is 7.30. The van der Waals surface area contributed by atoms with Crippen LogP contribution in [0.5, 0.6) is 0 Å². The van der Waals surface area contributed by atoms with Crippen molar-refractivity contribution in [2.45, 2.75) is 25.6 Å². The highest BCUT2D eigenvalue weighted by atomic mass is 16.5. The molecule has 7 nitrogen and oxygen atoms in total. The second-order valence-corrected chi connectivity index (χ2v) is 4.91. The topological polar surface area (TPSA) is 102 Å². The summed E-state index contributed by atoms with van der Waals surface area (Å²) in [7, 11) is 0. The molecule has 1 saturated heterocycles. The molecule has 0 atom stereocenters. The molecular weight excluding hydrogens is 256 g/mol. The Balaban J connectivity index is 1.82. The molecule has 4 N–H and O–H groups in total. The number of nitrogen functional groups attached to an aromatic ring is 1. The molecule has 2 aromatic rings. The molecule has 0 radical (unpaired) electrons. The SMILES string of the molecule is N=C(N)c1ccnc2ncn(CNC3CCOCC3)c12. The van der Waals surface area contributed by atoms with E-state index >= 15 is 0 Å². The van der Waals surface area contributed by atoms with E-state index in [4.69, 9.17) is 15.9 Å². The smallest absolute Gasteiger partial charge is 0.178 e. The van der Waals surface area contributed by atoms with Gasteiger partial charge in [-0.3, -0.25) is 10.7 Å². The zero-order valence-corrected chi connectivity index (χ0v) is 11.2. The average Bonchev–Trinajstić information content (AvgIpc) is 2.89. The molecule has 0 aliphatic carbocycles. The van der Waals surface area contributed by atoms with Gasteiger partial charge < -0.3 is 15.0 Å². The fraction of sp³-hybridized carbons (Fsp3) is 0.462. The zero-order chi connectivity index (χ0) is 13.9. The molecule has 2 aromatic heterocycles. The summed E-state index contributed by atoms with van der Waals surface area (Å²) >= 11 is 0. The van der Waals surface area contributed by atoms with E-state index in [1.165, 1.54) is 0 Å². The van der Waals surface area contributed by atoms with Gasteiger partial charge in [-0.05, 0) is 18.9 Å². The summed E-state index contributed by atoms with van der Waals surface area (Å²) in [5, 5.41) is 11.1. The number of nitrogens with zero attached hydrogens (tertiary/aromatic N) is 3. The van der Waals surface area contributed by atoms with Gasteiger partial charge in [0.2, 0.25) is 0 Å². The van der Waals surface area contributed by atoms with Gasteiger partial charge in [-0.25, -0.2) is 9.97 Å². The van der Waals surface area contributed by atoms with E-state index in [0.29, 0.717) is 23.9 Å². The zero-order valence-electron chi connectivity index (χ0n) is 11.2. The predicted octanol–water partition coefficient (Wildman–Crippen LogP) is 0.441. The van der Waals surface area contributed by atoms with Gasteiger partial charge in [0.1, 0.15) is 5.84 Å². The fourth-order valence-electron chi connectivity index (χ4n) is 2.47. The Hall–Kier alpha value is -1.99. The lowest BCUT2D eigenvalue weighted by molar-refractivity contribution is 0.0760. The van der Waals surface area contributed by atoms with Crippen molar-refractivity contribution in [2.24, 2.45) is 5.73 Å². The van der Waals surface area contributed by atoms with E-state index in [1.54, 1.807) is 18.6 Å². The molecule has 0 bridgehead atoms. The lowest BCUT2D eigenvalue weighted by atomic mass is 10.1. The number of hydrogen-bond donors (Lipinski definition) is 3. The van der Waals surface area contributed by atoms with Gasteiger partial charge in [0.15, 0.2) is 5.65 Å². The first-order valence-corrected chi connectivity index (χ1v) is 6.71. The van der Waals surface area contributed by atoms with Crippen molar-refractivity contribution in [2.75, 3.05) is 13.2 Å². The Kier molecular flexibility index (Phi) is 3.62. The van der Waals surface area contributed by atoms with E-state index in [9.17, 15) is 0 Å². The number of imidazole rings is 1. The summed E-state index contributed by atoms with van der Waals surface area (Å²) in [6.45, 7) is 2.25. The monoisotopic (exact) mass is 274 g/mol. The van der Waals surface area contributed by atoms with Crippen LogP contribution in [0.25, 0.3) is 11.2 Å². The molecule has 1 aliphatic heterocycles. The first kappa shape index (κ1) is 13.0. The molecular formula is C13H18N6O. The van der Waals surface area contributed by atoms with Crippen molar-refractivity contribution in [3.8, 4) is 0 Å². The number of nitrogens with one attached hydrogen (secondary N) is 2. The first-order valence-electron chi connectivity index (χ1n) is 6.71. The standard InChI is InChI=1S/C13H18N6O/c14-12(15)10-1-4-16-13-11(10)19(8-18-13)7-17-9-2-5-20-6-3-9/h1,4,8-9,17H,2-3,5-7H2,(H3,14,15). The molecule has 0 amide bonds. The maximum absolute atomic E-state index is 7.65. The van der Waals surface area contributed by atoms with Crippen molar-refractivity contribution in [1.82, 2.24) is 19.9 Å². The van der Waals surface area contributed by atoms with E-state index in [1.807, 2.05) is 4.57 Å². The molecule has 1 aliphatic rings. The van der Waals surface area contributed by atoms with E-state index in [-0.39, 0.29) is 5.84 Å². The van der Waals surface area contributed by atoms with Crippen LogP contribution in [-0.2, 0) is 11.4 Å². The van der Waals surface area contributed by atoms with Gasteiger partial charge in [-0.15, -0.1) is 0 Å². The highest BCUT2D eigenvalue weighted by Gasteiger charge is 2.15. The lowest BCUT2D eigenvalue weighted by Crippen LogP contribution is -2.35. The maximum Gasteiger partial charge on any atom is 0.178 e. The Morgan fingerprint density at radius 2 is 2.25 bits per heavy atom. The van der Waals surface area contributed by atoms with Crippen LogP contribution in [0.1, 0.15) is 18.4 Å². The summed E-state index contributed by atoms with van der Waals surface area (Å²) in [6, 6.07) is 2.20. The fourth-order valence-corrected chi connectivity index (χ4v) is 2.47. The molecule has 1 fully saturated rings. The second-order valence-electron chi connectivity index (χ2n) is 4.91. The number of amidine groups is 1. The van der Waals surface area contributed by atoms with Gasteiger partial charge in [-0.2, -0.15) is 0 Å². The molecule has 7 heteroatoms. The van der Waals surface area contributed by atoms with Crippen LogP contribution >= 0.6 is 0 Å². The molecule has 106 valence electrons. The van der Waals surface area contributed by atoms with Crippen LogP contribution in [0.2, 0.25) is 0 Å². The Bertz CT molecular complexity index is 616. The van der Waals surface area contributed by atoms with Crippen LogP contribution in [0.3, 0.4) is 0 Å². The van der Waals surface area contributed by atoms with Gasteiger partial charge in [0, 0.05) is 31.0 Å². The maximum atomic E-state index is 7.65. The van der Waals surface area contributed by atoms with Gasteiger partial charge >= 0.3 is 0 Å². The molecule has 3 heterocycles. The normalized spacial score (nSPS) is 16.6. The number of rotatable bonds is 4.